The summed E-state index contributed by atoms with van der Waals surface area (Å²) in [7, 11) is 0. The van der Waals surface area contributed by atoms with Crippen LogP contribution in [0.3, 0.4) is 0 Å². The molecule has 0 spiro atoms. The van der Waals surface area contributed by atoms with Crippen molar-refractivity contribution in [3.05, 3.63) is 24.3 Å². The highest BCUT2D eigenvalue weighted by atomic mass is 32.2. The minimum absolute atomic E-state index is 0.0648. The van der Waals surface area contributed by atoms with E-state index in [-0.39, 0.29) is 17.9 Å². The Bertz CT molecular complexity index is 561. The maximum absolute atomic E-state index is 12.8. The molecule has 0 saturated carbocycles. The molecule has 1 aromatic rings. The molecule has 0 saturated heterocycles. The monoisotopic (exact) mass is 306 g/mol. The quantitative estimate of drug-likeness (QED) is 0.870. The molecule has 21 heavy (non-hydrogen) atoms. The van der Waals surface area contributed by atoms with E-state index in [9.17, 15) is 9.59 Å². The molecule has 2 rings (SSSR count). The number of rotatable bonds is 4. The first-order valence-electron chi connectivity index (χ1n) is 7.35. The second-order valence-corrected chi connectivity index (χ2v) is 6.90. The van der Waals surface area contributed by atoms with Gasteiger partial charge in [-0.05, 0) is 39.3 Å². The lowest BCUT2D eigenvalue weighted by molar-refractivity contribution is -0.131. The van der Waals surface area contributed by atoms with Crippen LogP contribution < -0.4 is 10.2 Å². The number of hydrogen-bond donors (Lipinski definition) is 1. The minimum Gasteiger partial charge on any atom is -0.352 e. The standard InChI is InChI=1S/C16H22N2O2S/c1-5-11(3)17-14(19)16(4)15(20)18(6-2)12-9-7-8-10-13(12)21-16/h7-11H,5-6H2,1-4H3,(H,17,19). The van der Waals surface area contributed by atoms with Crippen molar-refractivity contribution >= 4 is 29.3 Å². The summed E-state index contributed by atoms with van der Waals surface area (Å²) in [6.07, 6.45) is 0.842. The summed E-state index contributed by atoms with van der Waals surface area (Å²) in [5.41, 5.74) is 0.892. The van der Waals surface area contributed by atoms with E-state index in [1.807, 2.05) is 45.0 Å². The van der Waals surface area contributed by atoms with Crippen molar-refractivity contribution < 1.29 is 9.59 Å². The highest BCUT2D eigenvalue weighted by molar-refractivity contribution is 8.02. The van der Waals surface area contributed by atoms with Crippen LogP contribution in [0, 0.1) is 0 Å². The Morgan fingerprint density at radius 2 is 2.05 bits per heavy atom. The molecule has 0 radical (unpaired) electrons. The van der Waals surface area contributed by atoms with Gasteiger partial charge in [0.2, 0.25) is 5.91 Å². The van der Waals surface area contributed by atoms with Gasteiger partial charge in [0.05, 0.1) is 5.69 Å². The molecule has 4 nitrogen and oxygen atoms in total. The van der Waals surface area contributed by atoms with Crippen LogP contribution in [0.1, 0.15) is 34.1 Å². The molecule has 0 aliphatic carbocycles. The molecule has 2 atom stereocenters. The average Bonchev–Trinajstić information content (AvgIpc) is 2.48. The van der Waals surface area contributed by atoms with Crippen molar-refractivity contribution in [2.75, 3.05) is 11.4 Å². The van der Waals surface area contributed by atoms with Gasteiger partial charge in [-0.25, -0.2) is 0 Å². The van der Waals surface area contributed by atoms with Crippen molar-refractivity contribution in [2.24, 2.45) is 0 Å². The fraction of sp³-hybridized carbons (Fsp3) is 0.500. The summed E-state index contributed by atoms with van der Waals surface area (Å²) in [6, 6.07) is 7.80. The molecule has 1 aromatic carbocycles. The van der Waals surface area contributed by atoms with Gasteiger partial charge in [-0.2, -0.15) is 0 Å². The summed E-state index contributed by atoms with van der Waals surface area (Å²) in [6.45, 7) is 8.16. The Morgan fingerprint density at radius 3 is 2.67 bits per heavy atom. The third-order valence-electron chi connectivity index (χ3n) is 3.86. The number of benzene rings is 1. The van der Waals surface area contributed by atoms with Crippen LogP contribution >= 0.6 is 11.8 Å². The zero-order chi connectivity index (χ0) is 15.6. The first kappa shape index (κ1) is 15.9. The van der Waals surface area contributed by atoms with Gasteiger partial charge in [-0.3, -0.25) is 9.59 Å². The zero-order valence-electron chi connectivity index (χ0n) is 13.0. The smallest absolute Gasteiger partial charge is 0.252 e. The molecule has 1 N–H and O–H groups in total. The summed E-state index contributed by atoms with van der Waals surface area (Å²) < 4.78 is -1.10. The summed E-state index contributed by atoms with van der Waals surface area (Å²) in [5, 5.41) is 2.94. The highest BCUT2D eigenvalue weighted by Gasteiger charge is 2.48. The fourth-order valence-corrected chi connectivity index (χ4v) is 3.54. The molecule has 5 heteroatoms. The predicted molar refractivity (Wildman–Crippen MR) is 86.6 cm³/mol. The van der Waals surface area contributed by atoms with E-state index in [4.69, 9.17) is 0 Å². The Kier molecular flexibility index (Phi) is 4.61. The Hall–Kier alpha value is -1.49. The first-order chi connectivity index (χ1) is 9.93. The second-order valence-electron chi connectivity index (χ2n) is 5.44. The number of amides is 2. The van der Waals surface area contributed by atoms with E-state index in [2.05, 4.69) is 5.32 Å². The fourth-order valence-electron chi connectivity index (χ4n) is 2.32. The Morgan fingerprint density at radius 1 is 1.38 bits per heavy atom. The van der Waals surface area contributed by atoms with Crippen molar-refractivity contribution in [2.45, 2.75) is 49.8 Å². The number of para-hydroxylation sites is 1. The van der Waals surface area contributed by atoms with Gasteiger partial charge in [0.1, 0.15) is 0 Å². The average molecular weight is 306 g/mol. The van der Waals surface area contributed by atoms with Gasteiger partial charge in [0, 0.05) is 17.5 Å². The molecular formula is C16H22N2O2S. The molecule has 1 aliphatic heterocycles. The minimum atomic E-state index is -1.10. The van der Waals surface area contributed by atoms with E-state index in [1.54, 1.807) is 11.8 Å². The van der Waals surface area contributed by atoms with Crippen LogP contribution in [0.2, 0.25) is 0 Å². The maximum Gasteiger partial charge on any atom is 0.252 e. The SMILES string of the molecule is CCC(C)NC(=O)C1(C)Sc2ccccc2N(CC)C1=O. The van der Waals surface area contributed by atoms with Crippen LogP contribution in [0.25, 0.3) is 0 Å². The number of carbonyl (C=O) groups excluding carboxylic acids is 2. The number of hydrogen-bond acceptors (Lipinski definition) is 3. The third-order valence-corrected chi connectivity index (χ3v) is 5.20. The van der Waals surface area contributed by atoms with Gasteiger partial charge in [0.15, 0.2) is 4.75 Å². The van der Waals surface area contributed by atoms with E-state index >= 15 is 0 Å². The van der Waals surface area contributed by atoms with Crippen molar-refractivity contribution in [3.8, 4) is 0 Å². The van der Waals surface area contributed by atoms with Crippen LogP contribution in [0.15, 0.2) is 29.2 Å². The van der Waals surface area contributed by atoms with Gasteiger partial charge < -0.3 is 10.2 Å². The molecule has 114 valence electrons. The second kappa shape index (κ2) is 6.10. The Balaban J connectivity index is 2.37. The molecule has 2 amide bonds. The molecule has 1 aliphatic rings. The lowest BCUT2D eigenvalue weighted by Crippen LogP contribution is -2.57. The van der Waals surface area contributed by atoms with Gasteiger partial charge in [-0.1, -0.05) is 30.8 Å². The maximum atomic E-state index is 12.8. The molecule has 1 heterocycles. The van der Waals surface area contributed by atoms with E-state index in [0.717, 1.165) is 17.0 Å². The first-order valence-corrected chi connectivity index (χ1v) is 8.16. The Labute approximate surface area is 130 Å². The van der Waals surface area contributed by atoms with Crippen LogP contribution in [0.4, 0.5) is 5.69 Å². The van der Waals surface area contributed by atoms with Crippen LogP contribution in [-0.4, -0.2) is 29.1 Å². The van der Waals surface area contributed by atoms with Gasteiger partial charge >= 0.3 is 0 Å². The number of nitrogens with one attached hydrogen (secondary N) is 1. The third kappa shape index (κ3) is 2.79. The summed E-state index contributed by atoms with van der Waals surface area (Å²) in [4.78, 5) is 28.1. The van der Waals surface area contributed by atoms with E-state index in [1.165, 1.54) is 11.8 Å². The van der Waals surface area contributed by atoms with E-state index < -0.39 is 4.75 Å². The number of carbonyl (C=O) groups is 2. The largest absolute Gasteiger partial charge is 0.352 e. The van der Waals surface area contributed by atoms with Crippen molar-refractivity contribution in [1.82, 2.24) is 5.32 Å². The van der Waals surface area contributed by atoms with Crippen LogP contribution in [-0.2, 0) is 9.59 Å². The number of anilines is 1. The predicted octanol–water partition coefficient (Wildman–Crippen LogP) is 2.82. The molecule has 0 fully saturated rings. The molecule has 0 bridgehead atoms. The molecule has 2 unspecified atom stereocenters. The van der Waals surface area contributed by atoms with Crippen molar-refractivity contribution in [3.63, 3.8) is 0 Å². The summed E-state index contributed by atoms with van der Waals surface area (Å²) in [5.74, 6) is -0.352. The van der Waals surface area contributed by atoms with Gasteiger partial charge in [0.25, 0.3) is 5.91 Å². The normalized spacial score (nSPS) is 22.7. The zero-order valence-corrected chi connectivity index (χ0v) is 13.8. The molecular weight excluding hydrogens is 284 g/mol. The summed E-state index contributed by atoms with van der Waals surface area (Å²) >= 11 is 1.34. The number of fused-ring (bicyclic) bond motifs is 1. The van der Waals surface area contributed by atoms with Crippen LogP contribution in [0.5, 0.6) is 0 Å². The lowest BCUT2D eigenvalue weighted by atomic mass is 10.1. The van der Waals surface area contributed by atoms with Crippen molar-refractivity contribution in [1.29, 1.82) is 0 Å². The van der Waals surface area contributed by atoms with E-state index in [0.29, 0.717) is 6.54 Å². The highest BCUT2D eigenvalue weighted by Crippen LogP contribution is 2.45. The van der Waals surface area contributed by atoms with Gasteiger partial charge in [-0.15, -0.1) is 0 Å². The number of nitrogens with zero attached hydrogens (tertiary/aromatic N) is 1. The number of thioether (sulfide) groups is 1. The lowest BCUT2D eigenvalue weighted by Gasteiger charge is -2.38. The topological polar surface area (TPSA) is 49.4 Å². The molecule has 0 aromatic heterocycles.